The van der Waals surface area contributed by atoms with Crippen LogP contribution in [-0.2, 0) is 44.8 Å². The van der Waals surface area contributed by atoms with Crippen LogP contribution in [-0.4, -0.2) is 151 Å². The summed E-state index contributed by atoms with van der Waals surface area (Å²) in [5.74, 6) is -6.99. The number of amides is 8. The number of fused-ring (bicyclic) bond motifs is 2. The van der Waals surface area contributed by atoms with Gasteiger partial charge in [0.2, 0.25) is 47.3 Å². The number of nitrogens with one attached hydrogen (secondary N) is 7. The first-order chi connectivity index (χ1) is 26.4. The van der Waals surface area contributed by atoms with Gasteiger partial charge in [-0.25, -0.2) is 4.98 Å². The maximum atomic E-state index is 14.1. The number of carbonyl (C=O) groups is 8. The van der Waals surface area contributed by atoms with Gasteiger partial charge in [0, 0.05) is 31.4 Å². The van der Waals surface area contributed by atoms with Crippen LogP contribution < -0.4 is 31.9 Å². The molecule has 1 aromatic rings. The van der Waals surface area contributed by atoms with Crippen LogP contribution in [0.5, 0.6) is 0 Å². The number of hydrogen-bond acceptors (Lipinski definition) is 11. The lowest BCUT2D eigenvalue weighted by Crippen LogP contribution is -2.63. The van der Waals surface area contributed by atoms with E-state index in [0.717, 1.165) is 0 Å². The fourth-order valence-corrected chi connectivity index (χ4v) is 7.12. The maximum absolute atomic E-state index is 14.1. The zero-order chi connectivity index (χ0) is 41.4. The van der Waals surface area contributed by atoms with Gasteiger partial charge in [-0.2, -0.15) is 0 Å². The Kier molecular flexibility index (Phi) is 14.9. The van der Waals surface area contributed by atoms with Gasteiger partial charge in [-0.05, 0) is 51.4 Å². The van der Waals surface area contributed by atoms with Crippen LogP contribution >= 0.6 is 0 Å². The minimum atomic E-state index is -1.56. The molecule has 0 aromatic carbocycles. The van der Waals surface area contributed by atoms with Crippen molar-refractivity contribution in [2.24, 2.45) is 11.8 Å². The summed E-state index contributed by atoms with van der Waals surface area (Å²) >= 11 is 0. The first kappa shape index (κ1) is 43.6. The highest BCUT2D eigenvalue weighted by molar-refractivity contribution is 5.99. The molecule has 1 aromatic heterocycles. The van der Waals surface area contributed by atoms with E-state index in [9.17, 15) is 48.6 Å². The van der Waals surface area contributed by atoms with Crippen LogP contribution in [0.4, 0.5) is 0 Å². The summed E-state index contributed by atoms with van der Waals surface area (Å²) in [6.07, 6.45) is 2.70. The third kappa shape index (κ3) is 10.4. The van der Waals surface area contributed by atoms with Gasteiger partial charge in [-0.3, -0.25) is 38.4 Å². The minimum absolute atomic E-state index is 0.136. The van der Waals surface area contributed by atoms with E-state index in [2.05, 4.69) is 41.9 Å². The molecule has 0 spiro atoms. The van der Waals surface area contributed by atoms with Crippen molar-refractivity contribution < 1.29 is 48.6 Å². The van der Waals surface area contributed by atoms with Crippen LogP contribution in [0.25, 0.3) is 0 Å². The van der Waals surface area contributed by atoms with Crippen LogP contribution in [0.1, 0.15) is 72.9 Å². The lowest BCUT2D eigenvalue weighted by atomic mass is 10.0. The number of aromatic amines is 1. The molecule has 3 aliphatic rings. The van der Waals surface area contributed by atoms with Crippen molar-refractivity contribution >= 4 is 47.3 Å². The number of carbonyl (C=O) groups excluding carboxylic acids is 8. The van der Waals surface area contributed by atoms with Crippen molar-refractivity contribution in [1.82, 2.24) is 51.7 Å². The van der Waals surface area contributed by atoms with E-state index in [1.165, 1.54) is 36.2 Å². The van der Waals surface area contributed by atoms with Crippen LogP contribution in [0.2, 0.25) is 0 Å². The van der Waals surface area contributed by atoms with E-state index in [1.807, 2.05) is 0 Å². The number of aromatic nitrogens is 2. The van der Waals surface area contributed by atoms with E-state index in [4.69, 9.17) is 0 Å². The quantitative estimate of drug-likeness (QED) is 0.137. The Bertz CT molecular complexity index is 1620. The second-order valence-corrected chi connectivity index (χ2v) is 15.4. The number of hydrogen-bond donors (Lipinski definition) is 9. The fourth-order valence-electron chi connectivity index (χ4n) is 7.12. The summed E-state index contributed by atoms with van der Waals surface area (Å²) < 4.78 is 0. The molecule has 9 atom stereocenters. The zero-order valence-corrected chi connectivity index (χ0v) is 32.7. The summed E-state index contributed by atoms with van der Waals surface area (Å²) in [6.45, 7) is 8.78. The second-order valence-electron chi connectivity index (χ2n) is 15.4. The van der Waals surface area contributed by atoms with Crippen molar-refractivity contribution in [1.29, 1.82) is 0 Å². The van der Waals surface area contributed by atoms with Crippen molar-refractivity contribution in [3.8, 4) is 0 Å². The van der Waals surface area contributed by atoms with Crippen molar-refractivity contribution in [3.05, 3.63) is 18.2 Å². The normalized spacial score (nSPS) is 30.1. The largest absolute Gasteiger partial charge is 0.394 e. The molecule has 3 saturated heterocycles. The highest BCUT2D eigenvalue weighted by Gasteiger charge is 2.45. The molecule has 0 aliphatic carbocycles. The van der Waals surface area contributed by atoms with Crippen LogP contribution in [0.15, 0.2) is 12.5 Å². The van der Waals surface area contributed by atoms with Gasteiger partial charge in [0.15, 0.2) is 0 Å². The number of aliphatic hydroxyl groups is 2. The monoisotopic (exact) mass is 788 g/mol. The molecular weight excluding hydrogens is 732 g/mol. The van der Waals surface area contributed by atoms with E-state index in [-0.39, 0.29) is 32.4 Å². The van der Waals surface area contributed by atoms with E-state index in [0.29, 0.717) is 18.5 Å². The molecule has 3 fully saturated rings. The highest BCUT2D eigenvalue weighted by atomic mass is 16.3. The van der Waals surface area contributed by atoms with Gasteiger partial charge in [-0.15, -0.1) is 0 Å². The zero-order valence-electron chi connectivity index (χ0n) is 32.7. The second kappa shape index (κ2) is 19.2. The third-order valence-electron chi connectivity index (χ3n) is 10.4. The fraction of sp³-hybridized carbons (Fsp3) is 0.694. The molecule has 3 aliphatic heterocycles. The van der Waals surface area contributed by atoms with Crippen molar-refractivity contribution in [2.45, 2.75) is 128 Å². The summed E-state index contributed by atoms with van der Waals surface area (Å²) in [5.41, 5.74) is 0.432. The Hall–Kier alpha value is -5.11. The Balaban J connectivity index is 1.70. The Morgan fingerprint density at radius 1 is 0.661 bits per heavy atom. The van der Waals surface area contributed by atoms with Gasteiger partial charge in [-0.1, -0.05) is 27.7 Å². The number of imidazole rings is 1. The number of rotatable bonds is 6. The third-order valence-corrected chi connectivity index (χ3v) is 10.4. The van der Waals surface area contributed by atoms with Crippen molar-refractivity contribution in [2.75, 3.05) is 19.7 Å². The summed E-state index contributed by atoms with van der Waals surface area (Å²) in [7, 11) is 0. The van der Waals surface area contributed by atoms with Gasteiger partial charge in [0.1, 0.15) is 48.3 Å². The SMILES string of the molecule is CC(C)[C@@H]1NC(=O)[C@H](C)NC(=O)[C@H](Cc2cnc[nH]2)NC(=O)[C@H](CO)NC(=O)[C@H](C(C)C)NC(=O)[C@@H]2CCCN2C(=O)[C@@H]2CCCN2C(=O)[C@H]([C@H](C)O)NC1=O. The molecule has 4 rings (SSSR count). The van der Waals surface area contributed by atoms with Crippen molar-refractivity contribution in [3.63, 3.8) is 0 Å². The lowest BCUT2D eigenvalue weighted by Gasteiger charge is -2.34. The molecule has 20 heteroatoms. The number of nitrogens with zero attached hydrogens (tertiary/aromatic N) is 3. The van der Waals surface area contributed by atoms with Gasteiger partial charge < -0.3 is 56.9 Å². The molecule has 8 amide bonds. The predicted octanol–water partition coefficient (Wildman–Crippen LogP) is -3.44. The maximum Gasteiger partial charge on any atom is 0.248 e. The van der Waals surface area contributed by atoms with E-state index >= 15 is 0 Å². The highest BCUT2D eigenvalue weighted by Crippen LogP contribution is 2.26. The molecule has 4 heterocycles. The minimum Gasteiger partial charge on any atom is -0.394 e. The molecule has 0 unspecified atom stereocenters. The lowest BCUT2D eigenvalue weighted by molar-refractivity contribution is -0.149. The number of aliphatic hydroxyl groups excluding tert-OH is 2. The molecule has 310 valence electrons. The predicted molar refractivity (Wildman–Crippen MR) is 197 cm³/mol. The van der Waals surface area contributed by atoms with Gasteiger partial charge in [0.05, 0.1) is 19.0 Å². The van der Waals surface area contributed by atoms with Gasteiger partial charge >= 0.3 is 0 Å². The topological polar surface area (TPSA) is 284 Å². The Labute approximate surface area is 325 Å². The molecule has 56 heavy (non-hydrogen) atoms. The van der Waals surface area contributed by atoms with E-state index < -0.39 is 120 Å². The number of H-pyrrole nitrogens is 1. The molecule has 20 nitrogen and oxygen atoms in total. The molecule has 0 radical (unpaired) electrons. The Morgan fingerprint density at radius 3 is 1.73 bits per heavy atom. The average molecular weight is 789 g/mol. The average Bonchev–Trinajstić information content (AvgIpc) is 3.95. The standard InChI is InChI=1S/C36H56N10O10/c1-17(2)26-33(53)41-23(15-47)31(51)40-22(13-21-14-37-16-38-21)30(50)39-19(5)29(49)42-27(18(3)4)34(54)44-28(20(6)48)36(56)46-12-8-10-25(46)35(55)45-11-7-9-24(45)32(52)43-26/h14,16-20,22-28,47-48H,7-13,15H2,1-6H3,(H,37,38)(H,39,50)(H,40,51)(H,41,53)(H,42,49)(H,43,52)(H,44,54)/t19-,20-,22-,23-,24-,25-,26-,27-,28-/m0/s1. The molecule has 0 bridgehead atoms. The summed E-state index contributed by atoms with van der Waals surface area (Å²) in [4.78, 5) is 119. The molecule has 9 N–H and O–H groups in total. The Morgan fingerprint density at radius 2 is 1.18 bits per heavy atom. The van der Waals surface area contributed by atoms with E-state index in [1.54, 1.807) is 27.7 Å². The smallest absolute Gasteiger partial charge is 0.248 e. The van der Waals surface area contributed by atoms with Crippen LogP contribution in [0.3, 0.4) is 0 Å². The van der Waals surface area contributed by atoms with Gasteiger partial charge in [0.25, 0.3) is 0 Å². The first-order valence-corrected chi connectivity index (χ1v) is 19.1. The van der Waals surface area contributed by atoms with Crippen LogP contribution in [0, 0.1) is 11.8 Å². The molecular formula is C36H56N10O10. The summed E-state index contributed by atoms with van der Waals surface area (Å²) in [6, 6.07) is -10.1. The first-order valence-electron chi connectivity index (χ1n) is 19.1. The summed E-state index contributed by atoms with van der Waals surface area (Å²) in [5, 5.41) is 36.2. The molecule has 0 saturated carbocycles.